The van der Waals surface area contributed by atoms with Crippen molar-refractivity contribution in [2.24, 2.45) is 0 Å². The average Bonchev–Trinajstić information content (AvgIpc) is 2.73. The second-order valence-electron chi connectivity index (χ2n) is 6.93. The van der Waals surface area contributed by atoms with Gasteiger partial charge in [-0.3, -0.25) is 4.90 Å². The molecule has 0 aliphatic carbocycles. The quantitative estimate of drug-likeness (QED) is 0.808. The largest absolute Gasteiger partial charge is 0.322 e. The van der Waals surface area contributed by atoms with Gasteiger partial charge >= 0.3 is 6.03 Å². The summed E-state index contributed by atoms with van der Waals surface area (Å²) in [6.45, 7) is 5.59. The standard InChI is InChI=1S/C21H27N3O3S/c1-2-28(26,27)20-10-6-9-19(17-20)22-21(25)24-15-13-23(14-16-24)12-11-18-7-4-3-5-8-18/h3-10,17H,2,11-16H2,1H3,(H,22,25). The Kier molecular flexibility index (Phi) is 6.70. The summed E-state index contributed by atoms with van der Waals surface area (Å²) in [7, 11) is -3.29. The van der Waals surface area contributed by atoms with Gasteiger partial charge < -0.3 is 10.2 Å². The Morgan fingerprint density at radius 2 is 1.71 bits per heavy atom. The van der Waals surface area contributed by atoms with E-state index in [4.69, 9.17) is 0 Å². The van der Waals surface area contributed by atoms with Gasteiger partial charge in [0.25, 0.3) is 0 Å². The van der Waals surface area contributed by atoms with Gasteiger partial charge in [0.05, 0.1) is 10.6 Å². The molecule has 1 aliphatic rings. The zero-order chi connectivity index (χ0) is 20.0. The molecule has 0 atom stereocenters. The van der Waals surface area contributed by atoms with Crippen LogP contribution in [-0.2, 0) is 16.3 Å². The van der Waals surface area contributed by atoms with Crippen molar-refractivity contribution in [3.8, 4) is 0 Å². The number of sulfone groups is 1. The lowest BCUT2D eigenvalue weighted by Crippen LogP contribution is -2.50. The van der Waals surface area contributed by atoms with Gasteiger partial charge in [-0.05, 0) is 30.2 Å². The Balaban J connectivity index is 1.50. The number of nitrogens with one attached hydrogen (secondary N) is 1. The van der Waals surface area contributed by atoms with Gasteiger partial charge in [0.1, 0.15) is 0 Å². The normalized spacial score (nSPS) is 15.4. The summed E-state index contributed by atoms with van der Waals surface area (Å²) >= 11 is 0. The highest BCUT2D eigenvalue weighted by Crippen LogP contribution is 2.17. The highest BCUT2D eigenvalue weighted by Gasteiger charge is 2.21. The van der Waals surface area contributed by atoms with Crippen LogP contribution in [0.2, 0.25) is 0 Å². The summed E-state index contributed by atoms with van der Waals surface area (Å²) in [5.41, 5.74) is 1.83. The van der Waals surface area contributed by atoms with Crippen molar-refractivity contribution in [2.45, 2.75) is 18.2 Å². The van der Waals surface area contributed by atoms with Crippen molar-refractivity contribution in [1.82, 2.24) is 9.80 Å². The molecule has 0 unspecified atom stereocenters. The summed E-state index contributed by atoms with van der Waals surface area (Å²) in [5.74, 6) is 0.0370. The van der Waals surface area contributed by atoms with E-state index in [0.29, 0.717) is 18.8 Å². The number of rotatable bonds is 6. The molecule has 0 spiro atoms. The number of hydrogen-bond acceptors (Lipinski definition) is 4. The number of carbonyl (C=O) groups excluding carboxylic acids is 1. The smallest absolute Gasteiger partial charge is 0.321 e. The third-order valence-electron chi connectivity index (χ3n) is 5.04. The first-order chi connectivity index (χ1) is 13.5. The highest BCUT2D eigenvalue weighted by atomic mass is 32.2. The minimum atomic E-state index is -3.29. The van der Waals surface area contributed by atoms with E-state index in [1.54, 1.807) is 30.0 Å². The molecule has 1 saturated heterocycles. The predicted molar refractivity (Wildman–Crippen MR) is 111 cm³/mol. The molecule has 2 aromatic carbocycles. The maximum Gasteiger partial charge on any atom is 0.321 e. The van der Waals surface area contributed by atoms with Crippen LogP contribution >= 0.6 is 0 Å². The van der Waals surface area contributed by atoms with E-state index in [9.17, 15) is 13.2 Å². The van der Waals surface area contributed by atoms with Gasteiger partial charge in [-0.25, -0.2) is 13.2 Å². The highest BCUT2D eigenvalue weighted by molar-refractivity contribution is 7.91. The van der Waals surface area contributed by atoms with Gasteiger partial charge in [-0.15, -0.1) is 0 Å². The van der Waals surface area contributed by atoms with Crippen LogP contribution in [-0.4, -0.2) is 62.7 Å². The fourth-order valence-electron chi connectivity index (χ4n) is 3.24. The molecule has 0 bridgehead atoms. The molecular formula is C21H27N3O3S. The molecular weight excluding hydrogens is 374 g/mol. The van der Waals surface area contributed by atoms with Gasteiger partial charge in [-0.1, -0.05) is 43.3 Å². The van der Waals surface area contributed by atoms with Crippen molar-refractivity contribution in [2.75, 3.05) is 43.8 Å². The van der Waals surface area contributed by atoms with Crippen LogP contribution in [0.3, 0.4) is 0 Å². The van der Waals surface area contributed by atoms with E-state index in [1.165, 1.54) is 11.6 Å². The lowest BCUT2D eigenvalue weighted by Gasteiger charge is -2.34. The van der Waals surface area contributed by atoms with Crippen LogP contribution in [0.25, 0.3) is 0 Å². The van der Waals surface area contributed by atoms with Crippen molar-refractivity contribution in [1.29, 1.82) is 0 Å². The number of urea groups is 1. The molecule has 7 heteroatoms. The zero-order valence-electron chi connectivity index (χ0n) is 16.2. The number of benzene rings is 2. The SMILES string of the molecule is CCS(=O)(=O)c1cccc(NC(=O)N2CCN(CCc3ccccc3)CC2)c1. The molecule has 0 radical (unpaired) electrons. The summed E-state index contributed by atoms with van der Waals surface area (Å²) in [6, 6.07) is 16.7. The van der Waals surface area contributed by atoms with Gasteiger partial charge in [0.15, 0.2) is 9.84 Å². The van der Waals surface area contributed by atoms with Crippen LogP contribution in [0, 0.1) is 0 Å². The van der Waals surface area contributed by atoms with Crippen LogP contribution < -0.4 is 5.32 Å². The van der Waals surface area contributed by atoms with Crippen molar-refractivity contribution in [3.05, 3.63) is 60.2 Å². The minimum Gasteiger partial charge on any atom is -0.322 e. The van der Waals surface area contributed by atoms with Gasteiger partial charge in [0, 0.05) is 38.4 Å². The first kappa shape index (κ1) is 20.4. The number of amides is 2. The fraction of sp³-hybridized carbons (Fsp3) is 0.381. The number of hydrogen-bond donors (Lipinski definition) is 1. The third kappa shape index (κ3) is 5.33. The van der Waals surface area contributed by atoms with E-state index in [2.05, 4.69) is 34.5 Å². The van der Waals surface area contributed by atoms with E-state index in [0.717, 1.165) is 26.1 Å². The molecule has 28 heavy (non-hydrogen) atoms. The maximum absolute atomic E-state index is 12.5. The molecule has 150 valence electrons. The molecule has 1 aliphatic heterocycles. The second kappa shape index (κ2) is 9.21. The molecule has 0 saturated carbocycles. The monoisotopic (exact) mass is 401 g/mol. The minimum absolute atomic E-state index is 0.0370. The summed E-state index contributed by atoms with van der Waals surface area (Å²) in [6.07, 6.45) is 1.01. The van der Waals surface area contributed by atoms with Gasteiger partial charge in [0.2, 0.25) is 0 Å². The summed E-state index contributed by atoms with van der Waals surface area (Å²) in [4.78, 5) is 16.9. The maximum atomic E-state index is 12.5. The van der Waals surface area contributed by atoms with Crippen molar-refractivity contribution >= 4 is 21.6 Å². The number of piperazine rings is 1. The molecule has 1 N–H and O–H groups in total. The molecule has 2 aromatic rings. The Bertz CT molecular complexity index is 892. The molecule has 2 amide bonds. The van der Waals surface area contributed by atoms with Crippen molar-refractivity contribution < 1.29 is 13.2 Å². The molecule has 6 nitrogen and oxygen atoms in total. The van der Waals surface area contributed by atoms with Crippen LogP contribution in [0.5, 0.6) is 0 Å². The van der Waals surface area contributed by atoms with E-state index in [1.807, 2.05) is 6.07 Å². The summed E-state index contributed by atoms with van der Waals surface area (Å²) in [5, 5.41) is 2.82. The Labute approximate surface area is 167 Å². The van der Waals surface area contributed by atoms with E-state index < -0.39 is 9.84 Å². The van der Waals surface area contributed by atoms with Gasteiger partial charge in [-0.2, -0.15) is 0 Å². The van der Waals surface area contributed by atoms with Crippen LogP contribution in [0.1, 0.15) is 12.5 Å². The Morgan fingerprint density at radius 3 is 2.39 bits per heavy atom. The third-order valence-corrected chi connectivity index (χ3v) is 6.78. The fourth-order valence-corrected chi connectivity index (χ4v) is 4.17. The zero-order valence-corrected chi connectivity index (χ0v) is 17.0. The number of anilines is 1. The Morgan fingerprint density at radius 1 is 1.00 bits per heavy atom. The number of nitrogens with zero attached hydrogens (tertiary/aromatic N) is 2. The van der Waals surface area contributed by atoms with Crippen molar-refractivity contribution in [3.63, 3.8) is 0 Å². The summed E-state index contributed by atoms with van der Waals surface area (Å²) < 4.78 is 24.0. The number of carbonyl (C=O) groups is 1. The molecule has 1 heterocycles. The molecule has 0 aromatic heterocycles. The lowest BCUT2D eigenvalue weighted by molar-refractivity contribution is 0.148. The van der Waals surface area contributed by atoms with E-state index >= 15 is 0 Å². The predicted octanol–water partition coefficient (Wildman–Crippen LogP) is 2.87. The topological polar surface area (TPSA) is 69.7 Å². The average molecular weight is 402 g/mol. The van der Waals surface area contributed by atoms with Crippen LogP contribution in [0.15, 0.2) is 59.5 Å². The lowest BCUT2D eigenvalue weighted by atomic mass is 10.1. The second-order valence-corrected chi connectivity index (χ2v) is 9.20. The molecule has 3 rings (SSSR count). The first-order valence-electron chi connectivity index (χ1n) is 9.63. The van der Waals surface area contributed by atoms with E-state index in [-0.39, 0.29) is 16.7 Å². The first-order valence-corrected chi connectivity index (χ1v) is 11.3. The van der Waals surface area contributed by atoms with Crippen LogP contribution in [0.4, 0.5) is 10.5 Å². The Hall–Kier alpha value is -2.38. The molecule has 1 fully saturated rings.